The summed E-state index contributed by atoms with van der Waals surface area (Å²) in [6.07, 6.45) is 6.99. The van der Waals surface area contributed by atoms with Crippen LogP contribution in [0.15, 0.2) is 61.2 Å². The topological polar surface area (TPSA) is 59.7 Å². The summed E-state index contributed by atoms with van der Waals surface area (Å²) in [5.74, 6) is 0. The van der Waals surface area contributed by atoms with Crippen LogP contribution in [0, 0.1) is 0 Å². The van der Waals surface area contributed by atoms with E-state index in [2.05, 4.69) is 16.0 Å². The molecule has 0 bridgehead atoms. The first-order valence-corrected chi connectivity index (χ1v) is 9.10. The number of anilines is 1. The molecule has 3 aromatic heterocycles. The van der Waals surface area contributed by atoms with Crippen molar-refractivity contribution in [2.24, 2.45) is 0 Å². The van der Waals surface area contributed by atoms with Gasteiger partial charge >= 0.3 is 6.09 Å². The van der Waals surface area contributed by atoms with E-state index in [1.54, 1.807) is 13.2 Å². The molecule has 3 heterocycles. The molecule has 0 aliphatic rings. The van der Waals surface area contributed by atoms with Gasteiger partial charge in [0.2, 0.25) is 0 Å². The van der Waals surface area contributed by atoms with Crippen molar-refractivity contribution in [2.45, 2.75) is 26.4 Å². The largest absolute Gasteiger partial charge is 0.443 e. The Labute approximate surface area is 163 Å². The van der Waals surface area contributed by atoms with Gasteiger partial charge in [0.15, 0.2) is 0 Å². The summed E-state index contributed by atoms with van der Waals surface area (Å²) in [6, 6.07) is 11.9. The van der Waals surface area contributed by atoms with Gasteiger partial charge in [-0.05, 0) is 44.4 Å². The molecular weight excluding hydrogens is 352 g/mol. The molecule has 1 aromatic carbocycles. The van der Waals surface area contributed by atoms with Crippen LogP contribution in [0.25, 0.3) is 27.7 Å². The molecule has 0 N–H and O–H groups in total. The number of pyridine rings is 2. The van der Waals surface area contributed by atoms with Gasteiger partial charge in [-0.25, -0.2) is 9.78 Å². The molecule has 0 aliphatic heterocycles. The third-order valence-electron chi connectivity index (χ3n) is 4.50. The monoisotopic (exact) mass is 374 g/mol. The average Bonchev–Trinajstić information content (AvgIpc) is 3.08. The number of hydrogen-bond donors (Lipinski definition) is 0. The molecule has 4 aromatic rings. The molecule has 0 saturated carbocycles. The maximum Gasteiger partial charge on any atom is 0.414 e. The Balaban J connectivity index is 1.80. The van der Waals surface area contributed by atoms with Crippen molar-refractivity contribution in [1.29, 1.82) is 0 Å². The SMILES string of the molecule is CN(C(=O)OC(C)(C)C)c1ccc2ncc(-c3cccc4cnccc34)n2c1. The number of ether oxygens (including phenoxy) is 1. The van der Waals surface area contributed by atoms with Crippen LogP contribution in [0.3, 0.4) is 0 Å². The van der Waals surface area contributed by atoms with Crippen LogP contribution < -0.4 is 4.90 Å². The van der Waals surface area contributed by atoms with Crippen molar-refractivity contribution in [3.05, 3.63) is 61.2 Å². The Bertz CT molecular complexity index is 1170. The van der Waals surface area contributed by atoms with Crippen LogP contribution in [0.5, 0.6) is 0 Å². The summed E-state index contributed by atoms with van der Waals surface area (Å²) in [6.45, 7) is 5.56. The van der Waals surface area contributed by atoms with Crippen LogP contribution >= 0.6 is 0 Å². The lowest BCUT2D eigenvalue weighted by Crippen LogP contribution is -2.34. The summed E-state index contributed by atoms with van der Waals surface area (Å²) < 4.78 is 7.47. The predicted octanol–water partition coefficient (Wildman–Crippen LogP) is 4.92. The maximum atomic E-state index is 12.4. The highest BCUT2D eigenvalue weighted by Gasteiger charge is 2.21. The zero-order valence-electron chi connectivity index (χ0n) is 16.4. The van der Waals surface area contributed by atoms with Crippen LogP contribution in [0.1, 0.15) is 20.8 Å². The average molecular weight is 374 g/mol. The smallest absolute Gasteiger partial charge is 0.414 e. The van der Waals surface area contributed by atoms with Gasteiger partial charge in [0.25, 0.3) is 0 Å². The van der Waals surface area contributed by atoms with E-state index in [-0.39, 0.29) is 0 Å². The molecule has 0 spiro atoms. The molecule has 6 nitrogen and oxygen atoms in total. The van der Waals surface area contributed by atoms with E-state index in [4.69, 9.17) is 4.74 Å². The number of fused-ring (bicyclic) bond motifs is 2. The lowest BCUT2D eigenvalue weighted by Gasteiger charge is -2.24. The highest BCUT2D eigenvalue weighted by molar-refractivity contribution is 5.96. The standard InChI is InChI=1S/C22H22N4O2/c1-22(2,3)28-21(27)25(4)16-8-9-20-24-13-19(26(20)14-16)18-7-5-6-15-12-23-11-10-17(15)18/h5-14H,1-4H3. The Morgan fingerprint density at radius 3 is 2.71 bits per heavy atom. The number of rotatable bonds is 2. The molecule has 4 rings (SSSR count). The maximum absolute atomic E-state index is 12.4. The Morgan fingerprint density at radius 2 is 1.93 bits per heavy atom. The summed E-state index contributed by atoms with van der Waals surface area (Å²) in [4.78, 5) is 22.7. The van der Waals surface area contributed by atoms with E-state index >= 15 is 0 Å². The molecule has 0 atom stereocenters. The summed E-state index contributed by atoms with van der Waals surface area (Å²) in [7, 11) is 1.70. The third kappa shape index (κ3) is 3.29. The number of hydrogen-bond acceptors (Lipinski definition) is 4. The second-order valence-electron chi connectivity index (χ2n) is 7.70. The highest BCUT2D eigenvalue weighted by Crippen LogP contribution is 2.30. The molecule has 1 amide bonds. The van der Waals surface area contributed by atoms with E-state index in [0.29, 0.717) is 0 Å². The first-order chi connectivity index (χ1) is 13.3. The molecule has 6 heteroatoms. The second-order valence-corrected chi connectivity index (χ2v) is 7.70. The third-order valence-corrected chi connectivity index (χ3v) is 4.50. The van der Waals surface area contributed by atoms with Crippen molar-refractivity contribution >= 4 is 28.2 Å². The van der Waals surface area contributed by atoms with E-state index in [9.17, 15) is 4.79 Å². The fraction of sp³-hybridized carbons (Fsp3) is 0.227. The second kappa shape index (κ2) is 6.64. The number of amides is 1. The van der Waals surface area contributed by atoms with Gasteiger partial charge in [-0.3, -0.25) is 14.3 Å². The van der Waals surface area contributed by atoms with Crippen LogP contribution in [0.4, 0.5) is 10.5 Å². The molecule has 0 aliphatic carbocycles. The lowest BCUT2D eigenvalue weighted by atomic mass is 10.0. The summed E-state index contributed by atoms with van der Waals surface area (Å²) in [5.41, 5.74) is 2.99. The molecule has 0 fully saturated rings. The van der Waals surface area contributed by atoms with Gasteiger partial charge < -0.3 is 4.74 Å². The van der Waals surface area contributed by atoms with E-state index in [1.165, 1.54) is 4.90 Å². The molecule has 0 saturated heterocycles. The number of imidazole rings is 1. The number of benzene rings is 1. The fourth-order valence-electron chi connectivity index (χ4n) is 3.15. The fourth-order valence-corrected chi connectivity index (χ4v) is 3.15. The van der Waals surface area contributed by atoms with Crippen molar-refractivity contribution in [2.75, 3.05) is 11.9 Å². The van der Waals surface area contributed by atoms with E-state index < -0.39 is 11.7 Å². The van der Waals surface area contributed by atoms with Gasteiger partial charge in [0.1, 0.15) is 11.2 Å². The van der Waals surface area contributed by atoms with Gasteiger partial charge in [0.05, 0.1) is 17.6 Å². The minimum atomic E-state index is -0.549. The summed E-state index contributed by atoms with van der Waals surface area (Å²) in [5, 5.41) is 2.17. The number of carbonyl (C=O) groups is 1. The van der Waals surface area contributed by atoms with Crippen LogP contribution in [-0.4, -0.2) is 33.1 Å². The van der Waals surface area contributed by atoms with Gasteiger partial charge in [-0.1, -0.05) is 18.2 Å². The number of aromatic nitrogens is 3. The lowest BCUT2D eigenvalue weighted by molar-refractivity contribution is 0.0589. The molecule has 28 heavy (non-hydrogen) atoms. The minimum Gasteiger partial charge on any atom is -0.443 e. The number of carbonyl (C=O) groups excluding carboxylic acids is 1. The van der Waals surface area contributed by atoms with Crippen molar-refractivity contribution < 1.29 is 9.53 Å². The highest BCUT2D eigenvalue weighted by atomic mass is 16.6. The minimum absolute atomic E-state index is 0.398. The molecular formula is C22H22N4O2. The van der Waals surface area contributed by atoms with Gasteiger partial charge in [-0.2, -0.15) is 0 Å². The summed E-state index contributed by atoms with van der Waals surface area (Å²) >= 11 is 0. The molecule has 142 valence electrons. The van der Waals surface area contributed by atoms with E-state index in [0.717, 1.165) is 33.4 Å². The van der Waals surface area contributed by atoms with Crippen LogP contribution in [-0.2, 0) is 4.74 Å². The zero-order valence-corrected chi connectivity index (χ0v) is 16.4. The van der Waals surface area contributed by atoms with Gasteiger partial charge in [-0.15, -0.1) is 0 Å². The Morgan fingerprint density at radius 1 is 1.11 bits per heavy atom. The van der Waals surface area contributed by atoms with E-state index in [1.807, 2.05) is 74.1 Å². The quantitative estimate of drug-likeness (QED) is 0.500. The zero-order chi connectivity index (χ0) is 19.9. The van der Waals surface area contributed by atoms with Crippen molar-refractivity contribution in [3.63, 3.8) is 0 Å². The van der Waals surface area contributed by atoms with Crippen LogP contribution in [0.2, 0.25) is 0 Å². The van der Waals surface area contributed by atoms with Crippen molar-refractivity contribution in [3.8, 4) is 11.3 Å². The predicted molar refractivity (Wildman–Crippen MR) is 111 cm³/mol. The van der Waals surface area contributed by atoms with Gasteiger partial charge in [0, 0.05) is 36.6 Å². The number of nitrogens with zero attached hydrogens (tertiary/aromatic N) is 4. The Hall–Kier alpha value is -3.41. The normalized spacial score (nSPS) is 11.7. The first kappa shape index (κ1) is 18.0. The molecule has 0 radical (unpaired) electrons. The van der Waals surface area contributed by atoms with Crippen molar-refractivity contribution in [1.82, 2.24) is 14.4 Å². The molecule has 0 unspecified atom stereocenters. The Kier molecular flexibility index (Phi) is 4.26. The first-order valence-electron chi connectivity index (χ1n) is 9.10.